The van der Waals surface area contributed by atoms with Crippen molar-refractivity contribution in [1.29, 1.82) is 0 Å². The first-order chi connectivity index (χ1) is 10.3. The molecule has 1 N–H and O–H groups in total. The number of hydrogen-bond donors (Lipinski definition) is 1. The molecule has 0 aliphatic heterocycles. The molecule has 0 atom stereocenters. The second kappa shape index (κ2) is 6.59. The van der Waals surface area contributed by atoms with Gasteiger partial charge in [0.05, 0.1) is 11.9 Å². The quantitative estimate of drug-likeness (QED) is 0.849. The predicted octanol–water partition coefficient (Wildman–Crippen LogP) is 3.91. The Balaban J connectivity index is 1.91. The van der Waals surface area contributed by atoms with Gasteiger partial charge in [0.15, 0.2) is 6.61 Å². The van der Waals surface area contributed by atoms with E-state index in [-0.39, 0.29) is 18.0 Å². The van der Waals surface area contributed by atoms with Gasteiger partial charge in [-0.15, -0.1) is 0 Å². The molecule has 118 valence electrons. The molecule has 0 aliphatic carbocycles. The minimum absolute atomic E-state index is 0.0799. The number of ether oxygens (including phenoxy) is 1. The van der Waals surface area contributed by atoms with Crippen LogP contribution >= 0.6 is 0 Å². The molecule has 0 saturated heterocycles. The standard InChI is InChI=1S/C14H11F5N2O/c15-10-2-1-9(12(16)5-10)6-20-11-3-4-13(21-7-11)22-8-14(17,18)19/h1-5,7,20H,6,8H2. The number of hydrogen-bond acceptors (Lipinski definition) is 3. The Morgan fingerprint density at radius 3 is 2.45 bits per heavy atom. The predicted molar refractivity (Wildman–Crippen MR) is 69.5 cm³/mol. The maximum Gasteiger partial charge on any atom is 0.422 e. The second-order valence-electron chi connectivity index (χ2n) is 4.38. The maximum atomic E-state index is 13.4. The largest absolute Gasteiger partial charge is 0.468 e. The Morgan fingerprint density at radius 2 is 1.86 bits per heavy atom. The summed E-state index contributed by atoms with van der Waals surface area (Å²) in [5, 5.41) is 2.82. The molecule has 0 saturated carbocycles. The van der Waals surface area contributed by atoms with Crippen LogP contribution in [0, 0.1) is 11.6 Å². The first kappa shape index (κ1) is 16.0. The zero-order chi connectivity index (χ0) is 16.2. The SMILES string of the molecule is Fc1ccc(CNc2ccc(OCC(F)(F)F)nc2)c(F)c1. The van der Waals surface area contributed by atoms with Crippen LogP contribution < -0.4 is 10.1 Å². The zero-order valence-electron chi connectivity index (χ0n) is 11.1. The smallest absolute Gasteiger partial charge is 0.422 e. The molecule has 2 aromatic rings. The summed E-state index contributed by atoms with van der Waals surface area (Å²) in [6.07, 6.45) is -3.17. The van der Waals surface area contributed by atoms with Crippen LogP contribution in [0.15, 0.2) is 36.5 Å². The van der Waals surface area contributed by atoms with Crippen molar-refractivity contribution in [3.63, 3.8) is 0 Å². The number of pyridine rings is 1. The van der Waals surface area contributed by atoms with Gasteiger partial charge in [0, 0.05) is 24.2 Å². The third-order valence-corrected chi connectivity index (χ3v) is 2.62. The fourth-order valence-electron chi connectivity index (χ4n) is 1.59. The van der Waals surface area contributed by atoms with Crippen molar-refractivity contribution >= 4 is 5.69 Å². The van der Waals surface area contributed by atoms with Crippen molar-refractivity contribution in [2.75, 3.05) is 11.9 Å². The highest BCUT2D eigenvalue weighted by atomic mass is 19.4. The lowest BCUT2D eigenvalue weighted by molar-refractivity contribution is -0.154. The van der Waals surface area contributed by atoms with Gasteiger partial charge in [0.25, 0.3) is 0 Å². The van der Waals surface area contributed by atoms with Crippen molar-refractivity contribution in [2.45, 2.75) is 12.7 Å². The normalized spacial score (nSPS) is 11.3. The number of alkyl halides is 3. The second-order valence-corrected chi connectivity index (χ2v) is 4.38. The van der Waals surface area contributed by atoms with E-state index in [2.05, 4.69) is 15.0 Å². The monoisotopic (exact) mass is 318 g/mol. The molecule has 0 bridgehead atoms. The third-order valence-electron chi connectivity index (χ3n) is 2.62. The van der Waals surface area contributed by atoms with E-state index in [1.165, 1.54) is 24.4 Å². The van der Waals surface area contributed by atoms with Crippen LogP contribution in [-0.4, -0.2) is 17.8 Å². The van der Waals surface area contributed by atoms with Crippen LogP contribution in [0.3, 0.4) is 0 Å². The molecular formula is C14H11F5N2O. The first-order valence-corrected chi connectivity index (χ1v) is 6.17. The van der Waals surface area contributed by atoms with Gasteiger partial charge in [-0.05, 0) is 12.1 Å². The van der Waals surface area contributed by atoms with Crippen LogP contribution in [0.4, 0.5) is 27.6 Å². The number of benzene rings is 1. The van der Waals surface area contributed by atoms with E-state index in [0.717, 1.165) is 12.1 Å². The van der Waals surface area contributed by atoms with E-state index in [4.69, 9.17) is 0 Å². The van der Waals surface area contributed by atoms with Crippen molar-refractivity contribution in [3.8, 4) is 5.88 Å². The summed E-state index contributed by atoms with van der Waals surface area (Å²) in [6.45, 7) is -1.34. The van der Waals surface area contributed by atoms with Gasteiger partial charge in [-0.25, -0.2) is 13.8 Å². The Hall–Kier alpha value is -2.38. The molecule has 0 amide bonds. The topological polar surface area (TPSA) is 34.1 Å². The third kappa shape index (κ3) is 4.87. The van der Waals surface area contributed by atoms with Crippen molar-refractivity contribution in [1.82, 2.24) is 4.98 Å². The molecule has 1 aromatic heterocycles. The molecule has 0 spiro atoms. The molecule has 1 aromatic carbocycles. The van der Waals surface area contributed by atoms with Crippen LogP contribution in [0.1, 0.15) is 5.56 Å². The summed E-state index contributed by atoms with van der Waals surface area (Å²) >= 11 is 0. The molecule has 0 unspecified atom stereocenters. The van der Waals surface area contributed by atoms with Gasteiger partial charge in [-0.3, -0.25) is 0 Å². The fourth-order valence-corrected chi connectivity index (χ4v) is 1.59. The van der Waals surface area contributed by atoms with Gasteiger partial charge < -0.3 is 10.1 Å². The fraction of sp³-hybridized carbons (Fsp3) is 0.214. The lowest BCUT2D eigenvalue weighted by atomic mass is 10.2. The summed E-state index contributed by atoms with van der Waals surface area (Å²) < 4.78 is 66.5. The summed E-state index contributed by atoms with van der Waals surface area (Å²) in [7, 11) is 0. The molecule has 0 fully saturated rings. The highest BCUT2D eigenvalue weighted by Gasteiger charge is 2.28. The van der Waals surface area contributed by atoms with Crippen LogP contribution in [0.5, 0.6) is 5.88 Å². The van der Waals surface area contributed by atoms with Gasteiger partial charge >= 0.3 is 6.18 Å². The van der Waals surface area contributed by atoms with E-state index in [1.54, 1.807) is 0 Å². The van der Waals surface area contributed by atoms with E-state index in [9.17, 15) is 22.0 Å². The van der Waals surface area contributed by atoms with E-state index in [0.29, 0.717) is 5.69 Å². The van der Waals surface area contributed by atoms with Gasteiger partial charge in [0.1, 0.15) is 11.6 Å². The average Bonchev–Trinajstić information content (AvgIpc) is 2.44. The molecular weight excluding hydrogens is 307 g/mol. The van der Waals surface area contributed by atoms with E-state index in [1.807, 2.05) is 0 Å². The number of rotatable bonds is 5. The number of halogens is 5. The first-order valence-electron chi connectivity index (χ1n) is 6.17. The minimum atomic E-state index is -4.43. The molecule has 0 aliphatic rings. The molecule has 3 nitrogen and oxygen atoms in total. The van der Waals surface area contributed by atoms with Gasteiger partial charge in [0.2, 0.25) is 5.88 Å². The Kier molecular flexibility index (Phi) is 4.79. The van der Waals surface area contributed by atoms with Crippen molar-refractivity contribution in [2.24, 2.45) is 0 Å². The summed E-state index contributed by atoms with van der Waals surface area (Å²) in [4.78, 5) is 3.69. The van der Waals surface area contributed by atoms with E-state index < -0.39 is 24.4 Å². The van der Waals surface area contributed by atoms with Crippen LogP contribution in [0.2, 0.25) is 0 Å². The average molecular weight is 318 g/mol. The van der Waals surface area contributed by atoms with Crippen molar-refractivity contribution < 1.29 is 26.7 Å². The lowest BCUT2D eigenvalue weighted by Crippen LogP contribution is -2.19. The van der Waals surface area contributed by atoms with E-state index >= 15 is 0 Å². The number of anilines is 1. The Morgan fingerprint density at radius 1 is 1.09 bits per heavy atom. The molecule has 1 heterocycles. The molecule has 0 radical (unpaired) electrons. The number of nitrogens with zero attached hydrogens (tertiary/aromatic N) is 1. The molecule has 2 rings (SSSR count). The van der Waals surface area contributed by atoms with Crippen LogP contribution in [-0.2, 0) is 6.54 Å². The van der Waals surface area contributed by atoms with Gasteiger partial charge in [-0.1, -0.05) is 6.07 Å². The molecule has 22 heavy (non-hydrogen) atoms. The number of aromatic nitrogens is 1. The summed E-state index contributed by atoms with van der Waals surface area (Å²) in [5.74, 6) is -1.53. The Labute approximate surface area is 122 Å². The summed E-state index contributed by atoms with van der Waals surface area (Å²) in [5.41, 5.74) is 0.710. The van der Waals surface area contributed by atoms with Gasteiger partial charge in [-0.2, -0.15) is 13.2 Å². The lowest BCUT2D eigenvalue weighted by Gasteiger charge is -2.10. The maximum absolute atomic E-state index is 13.4. The van der Waals surface area contributed by atoms with Crippen molar-refractivity contribution in [3.05, 3.63) is 53.7 Å². The zero-order valence-corrected chi connectivity index (χ0v) is 11.1. The summed E-state index contributed by atoms with van der Waals surface area (Å²) in [6, 6.07) is 5.90. The minimum Gasteiger partial charge on any atom is -0.468 e. The Bertz CT molecular complexity index is 628. The molecule has 8 heteroatoms. The highest BCUT2D eigenvalue weighted by molar-refractivity contribution is 5.42. The number of nitrogens with one attached hydrogen (secondary N) is 1. The van der Waals surface area contributed by atoms with Crippen LogP contribution in [0.25, 0.3) is 0 Å². The highest BCUT2D eigenvalue weighted by Crippen LogP contribution is 2.18.